The molecule has 2 saturated heterocycles. The van der Waals surface area contributed by atoms with Crippen LogP contribution in [-0.2, 0) is 26.2 Å². The predicted octanol–water partition coefficient (Wildman–Crippen LogP) is 2.88. The minimum atomic E-state index is -3.54. The molecular formula is C21H24N2O4S. The summed E-state index contributed by atoms with van der Waals surface area (Å²) in [7, 11) is -3.54. The highest BCUT2D eigenvalue weighted by molar-refractivity contribution is 7.89. The zero-order valence-corrected chi connectivity index (χ0v) is 16.7. The molecule has 6 nitrogen and oxygen atoms in total. The lowest BCUT2D eigenvalue weighted by atomic mass is 9.89. The number of carbonyl (C=O) groups excluding carboxylic acids is 1. The Labute approximate surface area is 165 Å². The number of benzene rings is 2. The van der Waals surface area contributed by atoms with Gasteiger partial charge in [0.05, 0.1) is 17.9 Å². The predicted molar refractivity (Wildman–Crippen MR) is 105 cm³/mol. The van der Waals surface area contributed by atoms with E-state index < -0.39 is 15.6 Å². The fourth-order valence-electron chi connectivity index (χ4n) is 3.94. The maximum Gasteiger partial charge on any atom is 0.249 e. The Morgan fingerprint density at radius 2 is 1.64 bits per heavy atom. The summed E-state index contributed by atoms with van der Waals surface area (Å²) in [4.78, 5) is 18.9. The summed E-state index contributed by atoms with van der Waals surface area (Å²) < 4.78 is 27.5. The van der Waals surface area contributed by atoms with E-state index in [9.17, 15) is 13.2 Å². The van der Waals surface area contributed by atoms with Gasteiger partial charge in [0.1, 0.15) is 5.60 Å². The number of hydrogen-bond acceptors (Lipinski definition) is 4. The van der Waals surface area contributed by atoms with E-state index in [0.29, 0.717) is 43.8 Å². The lowest BCUT2D eigenvalue weighted by Crippen LogP contribution is -2.47. The molecule has 2 aliphatic heterocycles. The van der Waals surface area contributed by atoms with Crippen LogP contribution in [0.4, 0.5) is 0 Å². The van der Waals surface area contributed by atoms with Gasteiger partial charge < -0.3 is 0 Å². The van der Waals surface area contributed by atoms with Gasteiger partial charge in [0, 0.05) is 13.1 Å². The van der Waals surface area contributed by atoms with Crippen molar-refractivity contribution in [1.29, 1.82) is 0 Å². The van der Waals surface area contributed by atoms with Gasteiger partial charge in [-0.2, -0.15) is 4.31 Å². The third-order valence-corrected chi connectivity index (χ3v) is 7.63. The average molecular weight is 401 g/mol. The lowest BCUT2D eigenvalue weighted by Gasteiger charge is -2.37. The molecular weight excluding hydrogens is 376 g/mol. The highest BCUT2D eigenvalue weighted by atomic mass is 32.2. The van der Waals surface area contributed by atoms with Crippen molar-refractivity contribution in [2.24, 2.45) is 0 Å². The summed E-state index contributed by atoms with van der Waals surface area (Å²) in [5.41, 5.74) is 1.15. The molecule has 2 aromatic carbocycles. The second kappa shape index (κ2) is 7.31. The first kappa shape index (κ1) is 19.1. The van der Waals surface area contributed by atoms with Crippen LogP contribution in [-0.4, -0.2) is 42.4 Å². The maximum atomic E-state index is 13.0. The van der Waals surface area contributed by atoms with Gasteiger partial charge in [-0.3, -0.25) is 9.63 Å². The van der Waals surface area contributed by atoms with Crippen molar-refractivity contribution in [2.45, 2.75) is 43.2 Å². The number of aryl methyl sites for hydroxylation is 1. The molecule has 0 N–H and O–H groups in total. The van der Waals surface area contributed by atoms with Crippen LogP contribution in [0, 0.1) is 6.92 Å². The number of hydrogen-bond donors (Lipinski definition) is 0. The molecule has 2 heterocycles. The van der Waals surface area contributed by atoms with Crippen LogP contribution in [0.25, 0.3) is 0 Å². The molecule has 0 aliphatic carbocycles. The number of sulfonamides is 1. The van der Waals surface area contributed by atoms with Crippen LogP contribution in [0.2, 0.25) is 0 Å². The normalized spacial score (nSPS) is 20.0. The van der Waals surface area contributed by atoms with E-state index >= 15 is 0 Å². The second-order valence-corrected chi connectivity index (χ2v) is 9.44. The van der Waals surface area contributed by atoms with E-state index in [1.165, 1.54) is 9.37 Å². The van der Waals surface area contributed by atoms with Crippen molar-refractivity contribution in [1.82, 2.24) is 9.37 Å². The molecule has 4 rings (SSSR count). The van der Waals surface area contributed by atoms with E-state index in [1.54, 1.807) is 25.1 Å². The van der Waals surface area contributed by atoms with Crippen LogP contribution < -0.4 is 0 Å². The van der Waals surface area contributed by atoms with Crippen molar-refractivity contribution in [2.75, 3.05) is 13.1 Å². The smallest absolute Gasteiger partial charge is 0.249 e. The van der Waals surface area contributed by atoms with Crippen molar-refractivity contribution >= 4 is 15.9 Å². The quantitative estimate of drug-likeness (QED) is 0.792. The molecule has 0 unspecified atom stereocenters. The van der Waals surface area contributed by atoms with Crippen molar-refractivity contribution < 1.29 is 18.0 Å². The van der Waals surface area contributed by atoms with E-state index in [4.69, 9.17) is 4.84 Å². The van der Waals surface area contributed by atoms with Crippen LogP contribution in [0.15, 0.2) is 59.5 Å². The summed E-state index contributed by atoms with van der Waals surface area (Å²) in [5, 5.41) is 1.43. The first-order valence-electron chi connectivity index (χ1n) is 9.49. The topological polar surface area (TPSA) is 66.9 Å². The lowest BCUT2D eigenvalue weighted by molar-refractivity contribution is -0.212. The molecule has 0 radical (unpaired) electrons. The van der Waals surface area contributed by atoms with Crippen molar-refractivity contribution in [3.63, 3.8) is 0 Å². The summed E-state index contributed by atoms with van der Waals surface area (Å²) in [6.45, 7) is 2.91. The van der Waals surface area contributed by atoms with Crippen LogP contribution in [0.5, 0.6) is 0 Å². The van der Waals surface area contributed by atoms with Crippen LogP contribution in [0.1, 0.15) is 30.4 Å². The van der Waals surface area contributed by atoms with Crippen LogP contribution in [0.3, 0.4) is 0 Å². The molecule has 2 aliphatic rings. The Kier molecular flexibility index (Phi) is 4.99. The largest absolute Gasteiger partial charge is 0.272 e. The molecule has 0 bridgehead atoms. The highest BCUT2D eigenvalue weighted by Crippen LogP contribution is 2.38. The third kappa shape index (κ3) is 3.57. The Balaban J connectivity index is 1.44. The standard InChI is InChI=1S/C21H24N2O4S/c1-17-7-5-6-10-19(17)28(25,26)22-13-11-21(12-14-22)15-20(24)23(27-21)16-18-8-3-2-4-9-18/h2-10H,11-16H2,1H3. The Morgan fingerprint density at radius 3 is 2.32 bits per heavy atom. The molecule has 2 aromatic rings. The molecule has 28 heavy (non-hydrogen) atoms. The summed E-state index contributed by atoms with van der Waals surface area (Å²) in [6, 6.07) is 16.7. The zero-order valence-electron chi connectivity index (χ0n) is 15.9. The van der Waals surface area contributed by atoms with E-state index in [2.05, 4.69) is 0 Å². The van der Waals surface area contributed by atoms with Gasteiger partial charge in [-0.05, 0) is 37.0 Å². The van der Waals surface area contributed by atoms with Crippen molar-refractivity contribution in [3.8, 4) is 0 Å². The minimum absolute atomic E-state index is 0.0425. The van der Waals surface area contributed by atoms with E-state index in [-0.39, 0.29) is 5.91 Å². The van der Waals surface area contributed by atoms with E-state index in [0.717, 1.165) is 11.1 Å². The number of nitrogens with zero attached hydrogens (tertiary/aromatic N) is 2. The SMILES string of the molecule is Cc1ccccc1S(=O)(=O)N1CCC2(CC1)CC(=O)N(Cc1ccccc1)O2. The van der Waals surface area contributed by atoms with Gasteiger partial charge in [-0.1, -0.05) is 48.5 Å². The molecule has 0 saturated carbocycles. The third-order valence-electron chi connectivity index (χ3n) is 5.57. The molecule has 148 valence electrons. The number of carbonyl (C=O) groups is 1. The minimum Gasteiger partial charge on any atom is -0.272 e. The number of piperidine rings is 1. The first-order valence-corrected chi connectivity index (χ1v) is 10.9. The van der Waals surface area contributed by atoms with Gasteiger partial charge in [-0.25, -0.2) is 13.5 Å². The first-order chi connectivity index (χ1) is 13.4. The Hall–Kier alpha value is -2.22. The number of hydroxylamine groups is 2. The molecule has 2 fully saturated rings. The van der Waals surface area contributed by atoms with Gasteiger partial charge in [0.15, 0.2) is 0 Å². The van der Waals surface area contributed by atoms with Gasteiger partial charge in [0.2, 0.25) is 15.9 Å². The van der Waals surface area contributed by atoms with Crippen molar-refractivity contribution in [3.05, 3.63) is 65.7 Å². The fourth-order valence-corrected chi connectivity index (χ4v) is 5.60. The summed E-state index contributed by atoms with van der Waals surface area (Å²) in [5.74, 6) is -0.0425. The molecule has 7 heteroatoms. The van der Waals surface area contributed by atoms with Gasteiger partial charge in [0.25, 0.3) is 0 Å². The molecule has 1 spiro atoms. The van der Waals surface area contributed by atoms with E-state index in [1.807, 2.05) is 36.4 Å². The summed E-state index contributed by atoms with van der Waals surface area (Å²) >= 11 is 0. The average Bonchev–Trinajstić information content (AvgIpc) is 2.97. The zero-order chi connectivity index (χ0) is 19.8. The Bertz CT molecular complexity index is 967. The molecule has 1 amide bonds. The molecule has 0 atom stereocenters. The van der Waals surface area contributed by atoms with Crippen LogP contribution >= 0.6 is 0 Å². The van der Waals surface area contributed by atoms with Gasteiger partial charge in [-0.15, -0.1) is 0 Å². The maximum absolute atomic E-state index is 13.0. The Morgan fingerprint density at radius 1 is 1.00 bits per heavy atom. The molecule has 0 aromatic heterocycles. The highest BCUT2D eigenvalue weighted by Gasteiger charge is 2.48. The summed E-state index contributed by atoms with van der Waals surface area (Å²) in [6.07, 6.45) is 1.32. The second-order valence-electron chi connectivity index (χ2n) is 7.54. The monoisotopic (exact) mass is 400 g/mol. The fraction of sp³-hybridized carbons (Fsp3) is 0.381. The van der Waals surface area contributed by atoms with Gasteiger partial charge >= 0.3 is 0 Å². The number of amides is 1. The number of rotatable bonds is 4.